The third-order valence-corrected chi connectivity index (χ3v) is 5.07. The molecule has 0 saturated heterocycles. The summed E-state index contributed by atoms with van der Waals surface area (Å²) in [7, 11) is 4.38. The number of benzene rings is 2. The average Bonchev–Trinajstić information content (AvgIpc) is 2.96. The maximum Gasteiger partial charge on any atom is 0.340 e. The van der Waals surface area contributed by atoms with Crippen LogP contribution < -0.4 is 14.4 Å². The smallest absolute Gasteiger partial charge is 0.340 e. The van der Waals surface area contributed by atoms with Gasteiger partial charge in [-0.25, -0.2) is 4.79 Å². The fourth-order valence-electron chi connectivity index (χ4n) is 3.22. The van der Waals surface area contributed by atoms with E-state index in [-0.39, 0.29) is 17.1 Å². The summed E-state index contributed by atoms with van der Waals surface area (Å²) in [6.45, 7) is 1.72. The van der Waals surface area contributed by atoms with E-state index in [4.69, 9.17) is 14.2 Å². The first-order chi connectivity index (χ1) is 13.9. The van der Waals surface area contributed by atoms with Gasteiger partial charge in [0.25, 0.3) is 5.91 Å². The summed E-state index contributed by atoms with van der Waals surface area (Å²) < 4.78 is 16.3. The Labute approximate surface area is 177 Å². The Morgan fingerprint density at radius 3 is 2.38 bits per heavy atom. The van der Waals surface area contributed by atoms with Crippen LogP contribution in [0.2, 0.25) is 0 Å². The van der Waals surface area contributed by atoms with Gasteiger partial charge >= 0.3 is 5.97 Å². The van der Waals surface area contributed by atoms with E-state index in [1.54, 1.807) is 44.4 Å². The first-order valence-corrected chi connectivity index (χ1v) is 9.53. The second kappa shape index (κ2) is 8.53. The number of allylic oxidation sites excluding steroid dienone is 1. The number of halogens is 1. The lowest BCUT2D eigenvalue weighted by Gasteiger charge is -2.18. The minimum Gasteiger partial charge on any atom is -0.493 e. The molecule has 0 N–H and O–H groups in total. The van der Waals surface area contributed by atoms with E-state index < -0.39 is 5.97 Å². The minimum absolute atomic E-state index is 0.229. The lowest BCUT2D eigenvalue weighted by atomic mass is 10.0. The van der Waals surface area contributed by atoms with Crippen molar-refractivity contribution in [2.45, 2.75) is 6.92 Å². The van der Waals surface area contributed by atoms with Gasteiger partial charge in [0.05, 0.1) is 38.2 Å². The Morgan fingerprint density at radius 2 is 1.76 bits per heavy atom. The quantitative estimate of drug-likeness (QED) is 0.493. The van der Waals surface area contributed by atoms with Crippen LogP contribution in [0.3, 0.4) is 0 Å². The van der Waals surface area contributed by atoms with Crippen LogP contribution >= 0.6 is 15.9 Å². The number of carbonyl (C=O) groups excluding carboxylic acids is 2. The van der Waals surface area contributed by atoms with Gasteiger partial charge in [0.1, 0.15) is 0 Å². The van der Waals surface area contributed by atoms with Crippen molar-refractivity contribution >= 4 is 39.6 Å². The van der Waals surface area contributed by atoms with Gasteiger partial charge in [0.15, 0.2) is 11.5 Å². The molecule has 0 aliphatic carbocycles. The normalized spacial score (nSPS) is 15.1. The molecule has 1 aliphatic rings. The molecular formula is C22H20BrNO5. The number of methoxy groups -OCH3 is 3. The number of esters is 1. The number of rotatable bonds is 5. The number of amides is 1. The van der Waals surface area contributed by atoms with E-state index in [9.17, 15) is 9.59 Å². The van der Waals surface area contributed by atoms with E-state index >= 15 is 0 Å². The van der Waals surface area contributed by atoms with Crippen LogP contribution in [-0.2, 0) is 14.3 Å². The molecule has 0 unspecified atom stereocenters. The molecule has 0 radical (unpaired) electrons. The van der Waals surface area contributed by atoms with E-state index in [1.807, 2.05) is 18.2 Å². The fraction of sp³-hybridized carbons (Fsp3) is 0.182. The molecule has 1 amide bonds. The van der Waals surface area contributed by atoms with Crippen LogP contribution in [0.15, 0.2) is 63.8 Å². The molecule has 150 valence electrons. The van der Waals surface area contributed by atoms with Crippen LogP contribution in [0.1, 0.15) is 12.5 Å². The standard InChI is InChI=1S/C22H20BrNO5/c1-13-20(22(26)29-4)17(10-14-8-9-18(27-2)19(11-14)28-3)21(25)24(13)16-7-5-6-15(23)12-16/h5-12H,1-4H3/b17-10-. The van der Waals surface area contributed by atoms with Crippen molar-refractivity contribution < 1.29 is 23.8 Å². The Hall–Kier alpha value is -3.06. The molecule has 0 fully saturated rings. The van der Waals surface area contributed by atoms with Gasteiger partial charge < -0.3 is 14.2 Å². The molecule has 2 aromatic rings. The number of hydrogen-bond donors (Lipinski definition) is 0. The molecule has 0 atom stereocenters. The number of ether oxygens (including phenoxy) is 3. The van der Waals surface area contributed by atoms with Crippen LogP contribution in [0.5, 0.6) is 11.5 Å². The van der Waals surface area contributed by atoms with E-state index in [0.29, 0.717) is 28.4 Å². The molecule has 3 rings (SSSR count). The van der Waals surface area contributed by atoms with E-state index in [2.05, 4.69) is 15.9 Å². The Bertz CT molecular complexity index is 1040. The van der Waals surface area contributed by atoms with E-state index in [1.165, 1.54) is 19.1 Å². The van der Waals surface area contributed by atoms with Crippen molar-refractivity contribution in [1.29, 1.82) is 0 Å². The van der Waals surface area contributed by atoms with Crippen LogP contribution in [-0.4, -0.2) is 33.2 Å². The summed E-state index contributed by atoms with van der Waals surface area (Å²) >= 11 is 3.42. The van der Waals surface area contributed by atoms with Crippen molar-refractivity contribution in [1.82, 2.24) is 0 Å². The maximum absolute atomic E-state index is 13.3. The Balaban J connectivity index is 2.13. The van der Waals surface area contributed by atoms with Crippen molar-refractivity contribution in [2.24, 2.45) is 0 Å². The SMILES string of the molecule is COC(=O)C1=C(C)N(c2cccc(Br)c2)C(=O)/C1=C\c1ccc(OC)c(OC)c1. The van der Waals surface area contributed by atoms with E-state index in [0.717, 1.165) is 4.47 Å². The molecular weight excluding hydrogens is 438 g/mol. The Kier molecular flexibility index (Phi) is 6.08. The number of carbonyl (C=O) groups is 2. The highest BCUT2D eigenvalue weighted by Gasteiger charge is 2.38. The van der Waals surface area contributed by atoms with Crippen LogP contribution in [0.25, 0.3) is 6.08 Å². The molecule has 0 spiro atoms. The molecule has 29 heavy (non-hydrogen) atoms. The van der Waals surface area contributed by atoms with Gasteiger partial charge in [0, 0.05) is 10.2 Å². The monoisotopic (exact) mass is 457 g/mol. The first-order valence-electron chi connectivity index (χ1n) is 8.74. The van der Waals surface area contributed by atoms with Gasteiger partial charge in [-0.1, -0.05) is 28.1 Å². The van der Waals surface area contributed by atoms with Crippen molar-refractivity contribution in [3.63, 3.8) is 0 Å². The molecule has 2 aromatic carbocycles. The zero-order valence-corrected chi connectivity index (χ0v) is 18.1. The maximum atomic E-state index is 13.3. The summed E-state index contributed by atoms with van der Waals surface area (Å²) in [5.74, 6) is 0.218. The molecule has 6 nitrogen and oxygen atoms in total. The highest BCUT2D eigenvalue weighted by molar-refractivity contribution is 9.10. The van der Waals surface area contributed by atoms with Gasteiger partial charge in [-0.3, -0.25) is 9.69 Å². The second-order valence-electron chi connectivity index (χ2n) is 6.24. The lowest BCUT2D eigenvalue weighted by molar-refractivity contribution is -0.136. The summed E-state index contributed by atoms with van der Waals surface area (Å²) in [5, 5.41) is 0. The van der Waals surface area contributed by atoms with Crippen molar-refractivity contribution in [3.8, 4) is 11.5 Å². The van der Waals surface area contributed by atoms with Crippen molar-refractivity contribution in [2.75, 3.05) is 26.2 Å². The van der Waals surface area contributed by atoms with Crippen LogP contribution in [0.4, 0.5) is 5.69 Å². The van der Waals surface area contributed by atoms with Gasteiger partial charge in [-0.2, -0.15) is 0 Å². The van der Waals surface area contributed by atoms with Gasteiger partial charge in [-0.05, 0) is 48.9 Å². The zero-order valence-electron chi connectivity index (χ0n) is 16.5. The second-order valence-corrected chi connectivity index (χ2v) is 7.16. The minimum atomic E-state index is -0.569. The summed E-state index contributed by atoms with van der Waals surface area (Å²) in [6, 6.07) is 12.6. The van der Waals surface area contributed by atoms with Crippen LogP contribution in [0, 0.1) is 0 Å². The molecule has 0 bridgehead atoms. The number of nitrogens with zero attached hydrogens (tertiary/aromatic N) is 1. The summed E-state index contributed by atoms with van der Waals surface area (Å²) in [4.78, 5) is 27.3. The lowest BCUT2D eigenvalue weighted by Crippen LogP contribution is -2.24. The predicted molar refractivity (Wildman–Crippen MR) is 114 cm³/mol. The molecule has 0 aromatic heterocycles. The topological polar surface area (TPSA) is 65.1 Å². The third-order valence-electron chi connectivity index (χ3n) is 4.57. The Morgan fingerprint density at radius 1 is 1.03 bits per heavy atom. The third kappa shape index (κ3) is 3.91. The largest absolute Gasteiger partial charge is 0.493 e. The first kappa shape index (κ1) is 20.7. The average molecular weight is 458 g/mol. The number of hydrogen-bond acceptors (Lipinski definition) is 5. The number of anilines is 1. The highest BCUT2D eigenvalue weighted by Crippen LogP contribution is 2.37. The van der Waals surface area contributed by atoms with Gasteiger partial charge in [-0.15, -0.1) is 0 Å². The highest BCUT2D eigenvalue weighted by atomic mass is 79.9. The fourth-order valence-corrected chi connectivity index (χ4v) is 3.60. The summed E-state index contributed by atoms with van der Waals surface area (Å²) in [5.41, 5.74) is 2.33. The zero-order chi connectivity index (χ0) is 21.1. The predicted octanol–water partition coefficient (Wildman–Crippen LogP) is 4.34. The summed E-state index contributed by atoms with van der Waals surface area (Å²) in [6.07, 6.45) is 1.65. The molecule has 7 heteroatoms. The molecule has 1 aliphatic heterocycles. The van der Waals surface area contributed by atoms with Gasteiger partial charge in [0.2, 0.25) is 0 Å². The molecule has 0 saturated carbocycles. The van der Waals surface area contributed by atoms with Crippen molar-refractivity contribution in [3.05, 3.63) is 69.3 Å². The molecule has 1 heterocycles.